The van der Waals surface area contributed by atoms with Crippen molar-refractivity contribution in [3.63, 3.8) is 0 Å². The minimum Gasteiger partial charge on any atom is -0.497 e. The Balaban J connectivity index is 2.14. The standard InChI is InChI=1S/C37H64O6Si/c1-12-16-25-36(43-44(10,11)35(6,7)8,34-28-41-37(14-3,15-4)42-34)26-24-31(38)21-18-29(5)33(17-13-2)40-27-30-19-22-32(39-9)23-20-30/h13,19-20,22-23,29,33-34H,2,12,14-18,21,24-28H2,1,3-11H3/t29-,33+,34-,36+/m0/s1. The van der Waals surface area contributed by atoms with Crippen LogP contribution in [0.15, 0.2) is 36.9 Å². The topological polar surface area (TPSA) is 63.2 Å². The van der Waals surface area contributed by atoms with Crippen molar-refractivity contribution in [2.75, 3.05) is 13.7 Å². The van der Waals surface area contributed by atoms with Gasteiger partial charge >= 0.3 is 0 Å². The zero-order valence-corrected chi connectivity index (χ0v) is 30.8. The predicted octanol–water partition coefficient (Wildman–Crippen LogP) is 9.80. The van der Waals surface area contributed by atoms with Gasteiger partial charge in [0.05, 0.1) is 32.0 Å². The molecule has 2 rings (SSSR count). The molecule has 0 N–H and O–H groups in total. The molecule has 4 atom stereocenters. The number of ether oxygens (including phenoxy) is 4. The number of carbonyl (C=O) groups is 1. The Morgan fingerprint density at radius 3 is 2.30 bits per heavy atom. The lowest BCUT2D eigenvalue weighted by Gasteiger charge is -2.48. The first kappa shape index (κ1) is 38.7. The van der Waals surface area contributed by atoms with Gasteiger partial charge in [0, 0.05) is 12.8 Å². The van der Waals surface area contributed by atoms with Crippen molar-refractivity contribution in [3.8, 4) is 5.75 Å². The lowest BCUT2D eigenvalue weighted by molar-refractivity contribution is -0.195. The molecule has 1 aliphatic heterocycles. The van der Waals surface area contributed by atoms with Gasteiger partial charge in [0.25, 0.3) is 0 Å². The molecule has 6 nitrogen and oxygen atoms in total. The summed E-state index contributed by atoms with van der Waals surface area (Å²) >= 11 is 0. The molecule has 0 unspecified atom stereocenters. The number of ketones is 1. The molecule has 0 radical (unpaired) electrons. The Labute approximate surface area is 270 Å². The van der Waals surface area contributed by atoms with Crippen LogP contribution in [0.3, 0.4) is 0 Å². The molecule has 44 heavy (non-hydrogen) atoms. The molecule has 7 heteroatoms. The predicted molar refractivity (Wildman–Crippen MR) is 184 cm³/mol. The molecule has 1 saturated heterocycles. The molecule has 0 aliphatic carbocycles. The molecular formula is C37H64O6Si. The van der Waals surface area contributed by atoms with Gasteiger partial charge in [-0.15, -0.1) is 6.58 Å². The number of unbranched alkanes of at least 4 members (excludes halogenated alkanes) is 1. The molecule has 0 aromatic heterocycles. The smallest absolute Gasteiger partial charge is 0.192 e. The maximum atomic E-state index is 13.5. The van der Waals surface area contributed by atoms with E-state index >= 15 is 0 Å². The Hall–Kier alpha value is -1.51. The molecule has 1 fully saturated rings. The monoisotopic (exact) mass is 632 g/mol. The van der Waals surface area contributed by atoms with Crippen molar-refractivity contribution >= 4 is 14.1 Å². The number of carbonyl (C=O) groups excluding carboxylic acids is 1. The van der Waals surface area contributed by atoms with Crippen molar-refractivity contribution in [2.45, 2.75) is 161 Å². The Morgan fingerprint density at radius 1 is 1.11 bits per heavy atom. The summed E-state index contributed by atoms with van der Waals surface area (Å²) in [7, 11) is -0.512. The van der Waals surface area contributed by atoms with Gasteiger partial charge in [0.2, 0.25) is 0 Å². The summed E-state index contributed by atoms with van der Waals surface area (Å²) in [6.45, 7) is 25.1. The van der Waals surface area contributed by atoms with Crippen LogP contribution in [0.25, 0.3) is 0 Å². The molecule has 0 amide bonds. The van der Waals surface area contributed by atoms with Gasteiger partial charge in [0.15, 0.2) is 14.1 Å². The van der Waals surface area contributed by atoms with E-state index in [1.165, 1.54) is 0 Å². The summed E-state index contributed by atoms with van der Waals surface area (Å²) in [6.07, 6.45) is 9.50. The van der Waals surface area contributed by atoms with E-state index in [9.17, 15) is 4.79 Å². The second-order valence-electron chi connectivity index (χ2n) is 14.3. The number of hydrogen-bond donors (Lipinski definition) is 0. The van der Waals surface area contributed by atoms with Gasteiger partial charge in [0.1, 0.15) is 17.6 Å². The highest BCUT2D eigenvalue weighted by Gasteiger charge is 2.53. The average molecular weight is 633 g/mol. The van der Waals surface area contributed by atoms with Crippen LogP contribution < -0.4 is 4.74 Å². The van der Waals surface area contributed by atoms with Gasteiger partial charge < -0.3 is 23.4 Å². The van der Waals surface area contributed by atoms with Crippen molar-refractivity contribution in [3.05, 3.63) is 42.5 Å². The summed E-state index contributed by atoms with van der Waals surface area (Å²) in [6, 6.07) is 7.95. The SMILES string of the molecule is C=CC[C@@H](OCc1ccc(OC)cc1)[C@@H](C)CCC(=O)CC[C@@](CCCC)(O[Si](C)(C)C(C)(C)C)[C@@H]1COC(CC)(CC)O1. The second-order valence-corrected chi connectivity index (χ2v) is 19.1. The van der Waals surface area contributed by atoms with Crippen LogP contribution in [-0.2, 0) is 30.0 Å². The summed E-state index contributed by atoms with van der Waals surface area (Å²) in [5, 5.41) is 0.0436. The maximum absolute atomic E-state index is 13.5. The normalized spacial score (nSPS) is 19.7. The van der Waals surface area contributed by atoms with E-state index in [0.717, 1.165) is 56.3 Å². The summed E-state index contributed by atoms with van der Waals surface area (Å²) in [5.74, 6) is 0.772. The Morgan fingerprint density at radius 2 is 1.77 bits per heavy atom. The molecule has 252 valence electrons. The van der Waals surface area contributed by atoms with Crippen LogP contribution in [0.2, 0.25) is 18.1 Å². The number of methoxy groups -OCH3 is 1. The molecule has 1 heterocycles. The molecule has 0 saturated carbocycles. The van der Waals surface area contributed by atoms with Gasteiger partial charge in [-0.3, -0.25) is 4.79 Å². The van der Waals surface area contributed by atoms with Crippen LogP contribution in [0.1, 0.15) is 118 Å². The van der Waals surface area contributed by atoms with E-state index in [2.05, 4.69) is 68.1 Å². The molecule has 0 bridgehead atoms. The average Bonchev–Trinajstić information content (AvgIpc) is 3.45. The molecule has 1 aromatic carbocycles. The van der Waals surface area contributed by atoms with Gasteiger partial charge in [-0.25, -0.2) is 0 Å². The van der Waals surface area contributed by atoms with E-state index in [1.807, 2.05) is 30.3 Å². The summed E-state index contributed by atoms with van der Waals surface area (Å²) in [5.41, 5.74) is 0.556. The molecule has 1 aliphatic rings. The fraction of sp³-hybridized carbons (Fsp3) is 0.757. The first-order valence-corrected chi connectivity index (χ1v) is 20.0. The third-order valence-corrected chi connectivity index (χ3v) is 14.6. The van der Waals surface area contributed by atoms with E-state index in [1.54, 1.807) is 7.11 Å². The highest BCUT2D eigenvalue weighted by atomic mass is 28.4. The molecule has 1 aromatic rings. The third kappa shape index (κ3) is 10.8. The molecular weight excluding hydrogens is 568 g/mol. The lowest BCUT2D eigenvalue weighted by atomic mass is 9.84. The quantitative estimate of drug-likeness (QED) is 0.0993. The maximum Gasteiger partial charge on any atom is 0.192 e. The third-order valence-electron chi connectivity index (χ3n) is 10.1. The van der Waals surface area contributed by atoms with Crippen LogP contribution in [0.5, 0.6) is 5.75 Å². The summed E-state index contributed by atoms with van der Waals surface area (Å²) in [4.78, 5) is 13.5. The van der Waals surface area contributed by atoms with E-state index in [-0.39, 0.29) is 28.9 Å². The minimum absolute atomic E-state index is 0.00760. The van der Waals surface area contributed by atoms with Crippen molar-refractivity contribution < 1.29 is 28.2 Å². The van der Waals surface area contributed by atoms with Gasteiger partial charge in [-0.1, -0.05) is 79.5 Å². The zero-order chi connectivity index (χ0) is 33.0. The van der Waals surface area contributed by atoms with E-state index in [4.69, 9.17) is 23.4 Å². The van der Waals surface area contributed by atoms with Crippen LogP contribution in [-0.4, -0.2) is 51.4 Å². The van der Waals surface area contributed by atoms with Crippen molar-refractivity contribution in [2.24, 2.45) is 5.92 Å². The van der Waals surface area contributed by atoms with E-state index < -0.39 is 19.7 Å². The fourth-order valence-corrected chi connectivity index (χ4v) is 7.45. The Kier molecular flexibility index (Phi) is 15.3. The highest BCUT2D eigenvalue weighted by Crippen LogP contribution is 2.46. The van der Waals surface area contributed by atoms with Crippen molar-refractivity contribution in [1.29, 1.82) is 0 Å². The fourth-order valence-electron chi connectivity index (χ4n) is 5.79. The number of benzene rings is 1. The zero-order valence-electron chi connectivity index (χ0n) is 29.8. The Bertz CT molecular complexity index is 996. The minimum atomic E-state index is -2.18. The molecule has 0 spiro atoms. The van der Waals surface area contributed by atoms with Gasteiger partial charge in [-0.2, -0.15) is 0 Å². The second kappa shape index (κ2) is 17.4. The van der Waals surface area contributed by atoms with Crippen LogP contribution >= 0.6 is 0 Å². The number of rotatable bonds is 21. The van der Waals surface area contributed by atoms with Crippen LogP contribution in [0.4, 0.5) is 0 Å². The first-order valence-electron chi connectivity index (χ1n) is 17.1. The lowest BCUT2D eigenvalue weighted by Crippen LogP contribution is -2.56. The van der Waals surface area contributed by atoms with E-state index in [0.29, 0.717) is 32.5 Å². The number of hydrogen-bond acceptors (Lipinski definition) is 6. The van der Waals surface area contributed by atoms with Gasteiger partial charge in [-0.05, 0) is 80.3 Å². The van der Waals surface area contributed by atoms with Crippen molar-refractivity contribution in [1.82, 2.24) is 0 Å². The highest BCUT2D eigenvalue weighted by molar-refractivity contribution is 6.74. The van der Waals surface area contributed by atoms with Crippen LogP contribution in [0, 0.1) is 5.92 Å². The largest absolute Gasteiger partial charge is 0.497 e. The number of Topliss-reactive ketones (excluding diaryl/α,β-unsaturated/α-hetero) is 1. The first-order chi connectivity index (χ1) is 20.7. The summed E-state index contributed by atoms with van der Waals surface area (Å²) < 4.78 is 32.0.